The van der Waals surface area contributed by atoms with Crippen LogP contribution in [0.3, 0.4) is 0 Å². The van der Waals surface area contributed by atoms with Gasteiger partial charge in [-0.3, -0.25) is 14.9 Å². The highest BCUT2D eigenvalue weighted by Gasteiger charge is 2.24. The SMILES string of the molecule is CCOc1cc(C=Nn2c(-c3cc4c(OC)cccc4o3)nc3ccccc3c2=O)cc([N+](=O)[O-])c1OCC(=O)OC(C)C. The molecule has 0 atom stereocenters. The van der Waals surface area contributed by atoms with Crippen molar-refractivity contribution in [3.05, 3.63) is 86.7 Å². The normalized spacial score (nSPS) is 11.4. The Kier molecular flexibility index (Phi) is 8.56. The average molecular weight is 601 g/mol. The van der Waals surface area contributed by atoms with Crippen molar-refractivity contribution in [2.24, 2.45) is 5.10 Å². The molecule has 0 aliphatic rings. The van der Waals surface area contributed by atoms with Crippen LogP contribution in [0.5, 0.6) is 17.2 Å². The lowest BCUT2D eigenvalue weighted by molar-refractivity contribution is -0.385. The summed E-state index contributed by atoms with van der Waals surface area (Å²) in [5, 5.41) is 17.4. The second-order valence-corrected chi connectivity index (χ2v) is 9.68. The molecule has 0 aliphatic carbocycles. The molecule has 2 aromatic heterocycles. The standard InChI is InChI=1S/C31H28N4O9/c1-5-41-26-14-19(13-23(35(38)39)29(26)42-17-28(36)43-18(2)3)16-32-34-30(33-22-10-7-6-9-20(22)31(34)37)27-15-21-24(40-4)11-8-12-25(21)44-27/h6-16,18H,5,17H2,1-4H3. The molecule has 3 aromatic carbocycles. The summed E-state index contributed by atoms with van der Waals surface area (Å²) in [6, 6.07) is 16.4. The lowest BCUT2D eigenvalue weighted by atomic mass is 10.2. The highest BCUT2D eigenvalue weighted by molar-refractivity contribution is 5.89. The summed E-state index contributed by atoms with van der Waals surface area (Å²) in [4.78, 5) is 41.7. The molecule has 5 rings (SSSR count). The summed E-state index contributed by atoms with van der Waals surface area (Å²) in [5.41, 5.74) is 0.204. The molecule has 0 amide bonds. The van der Waals surface area contributed by atoms with Gasteiger partial charge in [0, 0.05) is 11.6 Å². The minimum atomic E-state index is -0.693. The Labute approximate surface area is 250 Å². The van der Waals surface area contributed by atoms with Crippen LogP contribution in [0.2, 0.25) is 0 Å². The minimum absolute atomic E-state index is 0.00841. The zero-order chi connectivity index (χ0) is 31.4. The maximum atomic E-state index is 13.7. The lowest BCUT2D eigenvalue weighted by Crippen LogP contribution is -2.20. The zero-order valence-corrected chi connectivity index (χ0v) is 24.3. The summed E-state index contributed by atoms with van der Waals surface area (Å²) < 4.78 is 28.7. The third-order valence-corrected chi connectivity index (χ3v) is 6.29. The van der Waals surface area contributed by atoms with Crippen LogP contribution >= 0.6 is 0 Å². The molecule has 0 saturated carbocycles. The molecule has 44 heavy (non-hydrogen) atoms. The van der Waals surface area contributed by atoms with E-state index in [9.17, 15) is 19.7 Å². The fraction of sp³-hybridized carbons (Fsp3) is 0.226. The van der Waals surface area contributed by atoms with Crippen molar-refractivity contribution in [2.75, 3.05) is 20.3 Å². The van der Waals surface area contributed by atoms with Crippen molar-refractivity contribution >= 4 is 39.7 Å². The van der Waals surface area contributed by atoms with Gasteiger partial charge in [0.15, 0.2) is 18.1 Å². The maximum absolute atomic E-state index is 13.7. The number of nitro groups is 1. The van der Waals surface area contributed by atoms with Gasteiger partial charge in [0.1, 0.15) is 11.3 Å². The van der Waals surface area contributed by atoms with Crippen LogP contribution in [0.15, 0.2) is 75.0 Å². The molecule has 0 aliphatic heterocycles. The van der Waals surface area contributed by atoms with E-state index in [0.29, 0.717) is 27.6 Å². The van der Waals surface area contributed by atoms with Crippen molar-refractivity contribution in [1.82, 2.24) is 9.66 Å². The van der Waals surface area contributed by atoms with Gasteiger partial charge in [-0.05, 0) is 57.2 Å². The minimum Gasteiger partial charge on any atom is -0.496 e. The number of nitro benzene ring substituents is 1. The number of nitrogens with zero attached hydrogens (tertiary/aromatic N) is 4. The Bertz CT molecular complexity index is 1960. The Hall–Kier alpha value is -5.72. The Morgan fingerprint density at radius 3 is 2.61 bits per heavy atom. The van der Waals surface area contributed by atoms with Gasteiger partial charge < -0.3 is 23.4 Å². The largest absolute Gasteiger partial charge is 0.496 e. The fourth-order valence-corrected chi connectivity index (χ4v) is 4.49. The summed E-state index contributed by atoms with van der Waals surface area (Å²) in [7, 11) is 1.54. The van der Waals surface area contributed by atoms with Crippen molar-refractivity contribution in [2.45, 2.75) is 26.9 Å². The van der Waals surface area contributed by atoms with Crippen LogP contribution in [-0.2, 0) is 9.53 Å². The molecule has 0 fully saturated rings. The highest BCUT2D eigenvalue weighted by Crippen LogP contribution is 2.38. The number of carbonyl (C=O) groups is 1. The first kappa shape index (κ1) is 29.8. The number of aromatic nitrogens is 2. The van der Waals surface area contributed by atoms with E-state index in [2.05, 4.69) is 10.1 Å². The van der Waals surface area contributed by atoms with Crippen LogP contribution in [0.1, 0.15) is 26.3 Å². The molecule has 13 nitrogen and oxygen atoms in total. The molecule has 0 N–H and O–H groups in total. The van der Waals surface area contributed by atoms with Crippen LogP contribution in [-0.4, -0.2) is 53.2 Å². The Morgan fingerprint density at radius 1 is 1.09 bits per heavy atom. The topological polar surface area (TPSA) is 158 Å². The van der Waals surface area contributed by atoms with Gasteiger partial charge in [-0.15, -0.1) is 0 Å². The Morgan fingerprint density at radius 2 is 1.89 bits per heavy atom. The van der Waals surface area contributed by atoms with Crippen molar-refractivity contribution in [1.29, 1.82) is 0 Å². The van der Waals surface area contributed by atoms with Crippen LogP contribution in [0.25, 0.3) is 33.5 Å². The number of carbonyl (C=O) groups excluding carboxylic acids is 1. The maximum Gasteiger partial charge on any atom is 0.344 e. The van der Waals surface area contributed by atoms with E-state index in [1.807, 2.05) is 0 Å². The first-order valence-corrected chi connectivity index (χ1v) is 13.6. The summed E-state index contributed by atoms with van der Waals surface area (Å²) in [6.45, 7) is 4.63. The number of hydrogen-bond acceptors (Lipinski definition) is 11. The highest BCUT2D eigenvalue weighted by atomic mass is 16.6. The molecule has 0 unspecified atom stereocenters. The van der Waals surface area contributed by atoms with E-state index in [1.54, 1.807) is 76.4 Å². The number of hydrogen-bond donors (Lipinski definition) is 0. The monoisotopic (exact) mass is 600 g/mol. The predicted molar refractivity (Wildman–Crippen MR) is 162 cm³/mol. The van der Waals surface area contributed by atoms with Gasteiger partial charge in [0.25, 0.3) is 5.56 Å². The van der Waals surface area contributed by atoms with E-state index >= 15 is 0 Å². The van der Waals surface area contributed by atoms with Crippen molar-refractivity contribution in [3.8, 4) is 28.8 Å². The van der Waals surface area contributed by atoms with Gasteiger partial charge >= 0.3 is 11.7 Å². The predicted octanol–water partition coefficient (Wildman–Crippen LogP) is 5.34. The average Bonchev–Trinajstić information content (AvgIpc) is 3.44. The molecule has 226 valence electrons. The van der Waals surface area contributed by atoms with Gasteiger partial charge in [-0.2, -0.15) is 9.78 Å². The van der Waals surface area contributed by atoms with E-state index < -0.39 is 28.7 Å². The van der Waals surface area contributed by atoms with Crippen LogP contribution in [0.4, 0.5) is 5.69 Å². The quantitative estimate of drug-likeness (QED) is 0.0839. The van der Waals surface area contributed by atoms with Crippen molar-refractivity contribution in [3.63, 3.8) is 0 Å². The molecular weight excluding hydrogens is 572 g/mol. The zero-order valence-electron chi connectivity index (χ0n) is 24.3. The number of rotatable bonds is 11. The van der Waals surface area contributed by atoms with E-state index in [1.165, 1.54) is 18.3 Å². The number of furan rings is 1. The molecule has 0 bridgehead atoms. The summed E-state index contributed by atoms with van der Waals surface area (Å²) >= 11 is 0. The number of methoxy groups -OCH3 is 1. The van der Waals surface area contributed by atoms with E-state index in [0.717, 1.165) is 4.68 Å². The molecule has 0 spiro atoms. The fourth-order valence-electron chi connectivity index (χ4n) is 4.49. The number of para-hydroxylation sites is 1. The van der Waals surface area contributed by atoms with Crippen LogP contribution in [0, 0.1) is 10.1 Å². The second-order valence-electron chi connectivity index (χ2n) is 9.68. The number of fused-ring (bicyclic) bond motifs is 2. The first-order valence-electron chi connectivity index (χ1n) is 13.6. The third kappa shape index (κ3) is 6.07. The van der Waals surface area contributed by atoms with Gasteiger partial charge in [0.05, 0.1) is 47.2 Å². The lowest BCUT2D eigenvalue weighted by Gasteiger charge is -2.13. The summed E-state index contributed by atoms with van der Waals surface area (Å²) in [5.74, 6) is 0.00615. The Balaban J connectivity index is 1.62. The molecular formula is C31H28N4O9. The molecule has 2 heterocycles. The number of esters is 1. The molecule has 13 heteroatoms. The third-order valence-electron chi connectivity index (χ3n) is 6.29. The van der Waals surface area contributed by atoms with Crippen molar-refractivity contribution < 1.29 is 33.1 Å². The smallest absolute Gasteiger partial charge is 0.344 e. The summed E-state index contributed by atoms with van der Waals surface area (Å²) in [6.07, 6.45) is 0.877. The van der Waals surface area contributed by atoms with Gasteiger partial charge in [-0.1, -0.05) is 18.2 Å². The molecule has 5 aromatic rings. The van der Waals surface area contributed by atoms with Gasteiger partial charge in [0.2, 0.25) is 11.6 Å². The molecule has 0 saturated heterocycles. The van der Waals surface area contributed by atoms with E-state index in [-0.39, 0.29) is 41.4 Å². The first-order chi connectivity index (χ1) is 21.2. The van der Waals surface area contributed by atoms with E-state index in [4.69, 9.17) is 23.4 Å². The molecule has 0 radical (unpaired) electrons. The second kappa shape index (κ2) is 12.7. The van der Waals surface area contributed by atoms with Gasteiger partial charge in [-0.25, -0.2) is 9.78 Å². The number of benzene rings is 3. The van der Waals surface area contributed by atoms with Crippen LogP contribution < -0.4 is 19.8 Å². The number of ether oxygens (including phenoxy) is 4.